The summed E-state index contributed by atoms with van der Waals surface area (Å²) in [6, 6.07) is 6.84. The molecule has 0 spiro atoms. The molecule has 18 heavy (non-hydrogen) atoms. The van der Waals surface area contributed by atoms with Crippen LogP contribution in [0.4, 0.5) is 5.69 Å². The van der Waals surface area contributed by atoms with Gasteiger partial charge < -0.3 is 5.32 Å². The van der Waals surface area contributed by atoms with E-state index in [0.717, 1.165) is 12.1 Å². The highest BCUT2D eigenvalue weighted by Gasteiger charge is 2.12. The standard InChI is InChI=1S/C13H20ClNO2S/c1-3-9-18(16,17)13-7-5-12(6-8-13)15-10-11(14)4-2/h5-8,11,15H,3-4,9-10H2,1-2H3. The van der Waals surface area contributed by atoms with E-state index in [2.05, 4.69) is 5.32 Å². The van der Waals surface area contributed by atoms with Crippen LogP contribution in [0.25, 0.3) is 0 Å². The number of nitrogens with one attached hydrogen (secondary N) is 1. The van der Waals surface area contributed by atoms with Gasteiger partial charge in [0.25, 0.3) is 0 Å². The Morgan fingerprint density at radius 2 is 1.83 bits per heavy atom. The third kappa shape index (κ3) is 4.50. The monoisotopic (exact) mass is 289 g/mol. The molecule has 0 saturated heterocycles. The van der Waals surface area contributed by atoms with Crippen molar-refractivity contribution in [3.63, 3.8) is 0 Å². The van der Waals surface area contributed by atoms with Crippen molar-refractivity contribution in [3.05, 3.63) is 24.3 Å². The molecule has 1 aromatic rings. The lowest BCUT2D eigenvalue weighted by molar-refractivity contribution is 0.595. The Morgan fingerprint density at radius 3 is 2.33 bits per heavy atom. The van der Waals surface area contributed by atoms with Gasteiger partial charge in [-0.1, -0.05) is 13.8 Å². The van der Waals surface area contributed by atoms with Crippen molar-refractivity contribution < 1.29 is 8.42 Å². The van der Waals surface area contributed by atoms with Crippen LogP contribution in [0.5, 0.6) is 0 Å². The molecule has 1 aromatic carbocycles. The molecule has 0 aromatic heterocycles. The molecule has 3 nitrogen and oxygen atoms in total. The summed E-state index contributed by atoms with van der Waals surface area (Å²) in [5.41, 5.74) is 0.893. The van der Waals surface area contributed by atoms with E-state index in [1.54, 1.807) is 24.3 Å². The number of alkyl halides is 1. The molecule has 0 heterocycles. The van der Waals surface area contributed by atoms with E-state index in [4.69, 9.17) is 11.6 Å². The smallest absolute Gasteiger partial charge is 0.178 e. The van der Waals surface area contributed by atoms with Gasteiger partial charge in [0.1, 0.15) is 0 Å². The molecule has 5 heteroatoms. The lowest BCUT2D eigenvalue weighted by atomic mass is 10.3. The average molecular weight is 290 g/mol. The van der Waals surface area contributed by atoms with Crippen LogP contribution in [0.3, 0.4) is 0 Å². The Balaban J connectivity index is 2.68. The molecule has 1 unspecified atom stereocenters. The zero-order valence-electron chi connectivity index (χ0n) is 10.8. The fourth-order valence-electron chi connectivity index (χ4n) is 1.54. The van der Waals surface area contributed by atoms with Crippen molar-refractivity contribution in [3.8, 4) is 0 Å². The van der Waals surface area contributed by atoms with Crippen molar-refractivity contribution >= 4 is 27.1 Å². The second-order valence-corrected chi connectivity index (χ2v) is 6.96. The Bertz CT molecular complexity index is 456. The number of sulfone groups is 1. The van der Waals surface area contributed by atoms with Gasteiger partial charge in [-0.2, -0.15) is 0 Å². The van der Waals surface area contributed by atoms with Crippen LogP contribution in [0, 0.1) is 0 Å². The predicted octanol–water partition coefficient (Wildman–Crippen LogP) is 3.30. The minimum Gasteiger partial charge on any atom is -0.384 e. The second-order valence-electron chi connectivity index (χ2n) is 4.23. The summed E-state index contributed by atoms with van der Waals surface area (Å²) in [6.45, 7) is 4.57. The molecule has 1 N–H and O–H groups in total. The normalized spacial score (nSPS) is 13.3. The van der Waals surface area contributed by atoms with Crippen LogP contribution < -0.4 is 5.32 Å². The molecule has 0 aliphatic heterocycles. The van der Waals surface area contributed by atoms with Crippen molar-refractivity contribution in [1.29, 1.82) is 0 Å². The van der Waals surface area contributed by atoms with Gasteiger partial charge in [0.05, 0.1) is 16.0 Å². The molecule has 0 bridgehead atoms. The van der Waals surface area contributed by atoms with Crippen LogP contribution in [0.15, 0.2) is 29.2 Å². The molecule has 0 radical (unpaired) electrons. The van der Waals surface area contributed by atoms with E-state index in [9.17, 15) is 8.42 Å². The summed E-state index contributed by atoms with van der Waals surface area (Å²) in [4.78, 5) is 0.382. The van der Waals surface area contributed by atoms with Crippen molar-refractivity contribution in [2.45, 2.75) is 37.0 Å². The third-order valence-corrected chi connectivity index (χ3v) is 5.06. The molecular formula is C13H20ClNO2S. The summed E-state index contributed by atoms with van der Waals surface area (Å²) in [5, 5.41) is 3.27. The Kier molecular flexibility index (Phi) is 5.96. The maximum atomic E-state index is 11.8. The van der Waals surface area contributed by atoms with E-state index >= 15 is 0 Å². The van der Waals surface area contributed by atoms with Crippen molar-refractivity contribution in [2.75, 3.05) is 17.6 Å². The molecule has 0 amide bonds. The number of hydrogen-bond donors (Lipinski definition) is 1. The van der Waals surface area contributed by atoms with Gasteiger partial charge in [0.2, 0.25) is 0 Å². The molecule has 0 aliphatic rings. The van der Waals surface area contributed by atoms with Crippen LogP contribution in [0.1, 0.15) is 26.7 Å². The van der Waals surface area contributed by atoms with Gasteiger partial charge in [0, 0.05) is 12.2 Å². The first-order valence-electron chi connectivity index (χ1n) is 6.20. The number of rotatable bonds is 7. The minimum absolute atomic E-state index is 0.0912. The Morgan fingerprint density at radius 1 is 1.22 bits per heavy atom. The molecular weight excluding hydrogens is 270 g/mol. The molecule has 0 aliphatic carbocycles. The molecule has 0 saturated carbocycles. The van der Waals surface area contributed by atoms with Crippen LogP contribution in [-0.4, -0.2) is 26.1 Å². The first-order chi connectivity index (χ1) is 8.49. The molecule has 1 rings (SSSR count). The Labute approximate surface area is 114 Å². The zero-order valence-corrected chi connectivity index (χ0v) is 12.4. The highest BCUT2D eigenvalue weighted by molar-refractivity contribution is 7.91. The summed E-state index contributed by atoms with van der Waals surface area (Å²) >= 11 is 6.00. The maximum absolute atomic E-state index is 11.8. The van der Waals surface area contributed by atoms with Crippen LogP contribution in [-0.2, 0) is 9.84 Å². The van der Waals surface area contributed by atoms with E-state index in [-0.39, 0.29) is 11.1 Å². The van der Waals surface area contributed by atoms with E-state index in [1.165, 1.54) is 0 Å². The fraction of sp³-hybridized carbons (Fsp3) is 0.538. The van der Waals surface area contributed by atoms with Gasteiger partial charge in [-0.3, -0.25) is 0 Å². The topological polar surface area (TPSA) is 46.2 Å². The van der Waals surface area contributed by atoms with Gasteiger partial charge >= 0.3 is 0 Å². The zero-order chi connectivity index (χ0) is 13.6. The first kappa shape index (κ1) is 15.3. The number of halogens is 1. The maximum Gasteiger partial charge on any atom is 0.178 e. The lowest BCUT2D eigenvalue weighted by Gasteiger charge is -2.10. The van der Waals surface area contributed by atoms with E-state index in [1.807, 2.05) is 13.8 Å². The van der Waals surface area contributed by atoms with Gasteiger partial charge in [0.15, 0.2) is 9.84 Å². The quantitative estimate of drug-likeness (QED) is 0.784. The number of benzene rings is 1. The second kappa shape index (κ2) is 7.00. The summed E-state index contributed by atoms with van der Waals surface area (Å²) in [6.07, 6.45) is 1.53. The van der Waals surface area contributed by atoms with Gasteiger partial charge in [-0.05, 0) is 37.1 Å². The van der Waals surface area contributed by atoms with Gasteiger partial charge in [-0.25, -0.2) is 8.42 Å². The summed E-state index contributed by atoms with van der Waals surface area (Å²) in [7, 11) is -3.12. The number of hydrogen-bond acceptors (Lipinski definition) is 3. The van der Waals surface area contributed by atoms with Gasteiger partial charge in [-0.15, -0.1) is 11.6 Å². The average Bonchev–Trinajstić information content (AvgIpc) is 2.36. The van der Waals surface area contributed by atoms with Crippen molar-refractivity contribution in [2.24, 2.45) is 0 Å². The first-order valence-corrected chi connectivity index (χ1v) is 8.29. The predicted molar refractivity (Wildman–Crippen MR) is 77.2 cm³/mol. The van der Waals surface area contributed by atoms with E-state index in [0.29, 0.717) is 17.9 Å². The van der Waals surface area contributed by atoms with Crippen LogP contribution in [0.2, 0.25) is 0 Å². The summed E-state index contributed by atoms with van der Waals surface area (Å²) < 4.78 is 23.6. The molecule has 0 fully saturated rings. The van der Waals surface area contributed by atoms with E-state index < -0.39 is 9.84 Å². The van der Waals surface area contributed by atoms with Crippen LogP contribution >= 0.6 is 11.6 Å². The SMILES string of the molecule is CCCS(=O)(=O)c1ccc(NCC(Cl)CC)cc1. The third-order valence-electron chi connectivity index (χ3n) is 2.66. The fourth-order valence-corrected chi connectivity index (χ4v) is 2.94. The molecule has 102 valence electrons. The lowest BCUT2D eigenvalue weighted by Crippen LogP contribution is -2.13. The summed E-state index contributed by atoms with van der Waals surface area (Å²) in [5.74, 6) is 0.194. The minimum atomic E-state index is -3.12. The molecule has 1 atom stereocenters. The highest BCUT2D eigenvalue weighted by atomic mass is 35.5. The highest BCUT2D eigenvalue weighted by Crippen LogP contribution is 2.16. The largest absolute Gasteiger partial charge is 0.384 e. The Hall–Kier alpha value is -0.740. The number of anilines is 1. The van der Waals surface area contributed by atoms with Crippen molar-refractivity contribution in [1.82, 2.24) is 0 Å².